The largest absolute Gasteiger partial charge is 0.363 e. The molecule has 0 aliphatic heterocycles. The number of benzene rings is 1. The Morgan fingerprint density at radius 3 is 2.72 bits per heavy atom. The first-order valence-corrected chi connectivity index (χ1v) is 8.72. The van der Waals surface area contributed by atoms with Crippen molar-refractivity contribution < 1.29 is 0 Å². The van der Waals surface area contributed by atoms with E-state index in [1.165, 1.54) is 24.9 Å². The Morgan fingerprint density at radius 1 is 1.12 bits per heavy atom. The Morgan fingerprint density at radius 2 is 1.92 bits per heavy atom. The summed E-state index contributed by atoms with van der Waals surface area (Å²) in [5.41, 5.74) is 2.21. The van der Waals surface area contributed by atoms with E-state index in [1.807, 2.05) is 43.3 Å². The molecule has 3 N–H and O–H groups in total. The van der Waals surface area contributed by atoms with Crippen LogP contribution in [0.5, 0.6) is 0 Å². The number of hydrogen-bond acceptors (Lipinski definition) is 5. The molecule has 2 aromatic heterocycles. The fourth-order valence-corrected chi connectivity index (χ4v) is 3.07. The highest BCUT2D eigenvalue weighted by Gasteiger charge is 2.25. The SMILES string of the molecule is CC(Nc1cc(Nc2cc(C3CC3)[nH]n2)ncn1)c1ccccc1Cl. The maximum atomic E-state index is 6.26. The monoisotopic (exact) mass is 354 g/mol. The van der Waals surface area contributed by atoms with Crippen molar-refractivity contribution in [2.45, 2.75) is 31.7 Å². The van der Waals surface area contributed by atoms with Gasteiger partial charge in [-0.15, -0.1) is 0 Å². The molecule has 6 nitrogen and oxygen atoms in total. The molecule has 1 fully saturated rings. The van der Waals surface area contributed by atoms with Crippen molar-refractivity contribution in [3.05, 3.63) is 59.0 Å². The lowest BCUT2D eigenvalue weighted by Crippen LogP contribution is -2.09. The number of aromatic nitrogens is 4. The van der Waals surface area contributed by atoms with Crippen molar-refractivity contribution in [3.63, 3.8) is 0 Å². The van der Waals surface area contributed by atoms with Crippen LogP contribution >= 0.6 is 11.6 Å². The van der Waals surface area contributed by atoms with E-state index in [4.69, 9.17) is 11.6 Å². The fraction of sp³-hybridized carbons (Fsp3) is 0.278. The number of H-pyrrole nitrogens is 1. The third-order valence-corrected chi connectivity index (χ3v) is 4.62. The van der Waals surface area contributed by atoms with Gasteiger partial charge in [-0.05, 0) is 31.4 Å². The van der Waals surface area contributed by atoms with Gasteiger partial charge in [0.15, 0.2) is 5.82 Å². The van der Waals surface area contributed by atoms with Crippen molar-refractivity contribution in [1.29, 1.82) is 0 Å². The predicted octanol–water partition coefficient (Wildman–Crippen LogP) is 4.65. The lowest BCUT2D eigenvalue weighted by atomic mass is 10.1. The average Bonchev–Trinajstić information content (AvgIpc) is 3.35. The zero-order valence-corrected chi connectivity index (χ0v) is 14.6. The van der Waals surface area contributed by atoms with Crippen LogP contribution in [0.2, 0.25) is 5.02 Å². The lowest BCUT2D eigenvalue weighted by molar-refractivity contribution is 0.872. The van der Waals surface area contributed by atoms with Crippen LogP contribution in [0.4, 0.5) is 17.5 Å². The maximum absolute atomic E-state index is 6.26. The first-order valence-electron chi connectivity index (χ1n) is 8.34. The quantitative estimate of drug-likeness (QED) is 0.600. The molecule has 2 heterocycles. The molecular weight excluding hydrogens is 336 g/mol. The minimum Gasteiger partial charge on any atom is -0.363 e. The molecule has 1 aromatic carbocycles. The normalized spacial score (nSPS) is 15.0. The molecule has 0 spiro atoms. The van der Waals surface area contributed by atoms with Crippen LogP contribution in [0, 0.1) is 0 Å². The predicted molar refractivity (Wildman–Crippen MR) is 99.4 cm³/mol. The second-order valence-corrected chi connectivity index (χ2v) is 6.69. The molecule has 1 aliphatic carbocycles. The third kappa shape index (κ3) is 3.74. The van der Waals surface area contributed by atoms with Gasteiger partial charge < -0.3 is 10.6 Å². The second-order valence-electron chi connectivity index (χ2n) is 6.28. The molecular formula is C18H19ClN6. The molecule has 0 radical (unpaired) electrons. The van der Waals surface area contributed by atoms with E-state index in [2.05, 4.69) is 30.8 Å². The first-order chi connectivity index (χ1) is 12.2. The summed E-state index contributed by atoms with van der Waals surface area (Å²) >= 11 is 6.26. The molecule has 3 aromatic rings. The van der Waals surface area contributed by atoms with Crippen LogP contribution < -0.4 is 10.6 Å². The van der Waals surface area contributed by atoms with Crippen LogP contribution in [0.1, 0.15) is 43.0 Å². The van der Waals surface area contributed by atoms with Crippen LogP contribution in [0.15, 0.2) is 42.7 Å². The summed E-state index contributed by atoms with van der Waals surface area (Å²) in [6.07, 6.45) is 4.00. The summed E-state index contributed by atoms with van der Waals surface area (Å²) in [7, 11) is 0. The van der Waals surface area contributed by atoms with Crippen molar-refractivity contribution in [1.82, 2.24) is 20.2 Å². The lowest BCUT2D eigenvalue weighted by Gasteiger charge is -2.16. The summed E-state index contributed by atoms with van der Waals surface area (Å²) in [5.74, 6) is 2.83. The van der Waals surface area contributed by atoms with Gasteiger partial charge in [-0.25, -0.2) is 9.97 Å². The van der Waals surface area contributed by atoms with Crippen molar-refractivity contribution in [2.75, 3.05) is 10.6 Å². The van der Waals surface area contributed by atoms with E-state index in [0.717, 1.165) is 22.2 Å². The molecule has 0 bridgehead atoms. The minimum absolute atomic E-state index is 0.0308. The highest BCUT2D eigenvalue weighted by molar-refractivity contribution is 6.31. The van der Waals surface area contributed by atoms with E-state index < -0.39 is 0 Å². The van der Waals surface area contributed by atoms with Crippen molar-refractivity contribution >= 4 is 29.1 Å². The van der Waals surface area contributed by atoms with E-state index >= 15 is 0 Å². The molecule has 0 amide bonds. The number of aromatic amines is 1. The number of halogens is 1. The molecule has 1 unspecified atom stereocenters. The molecule has 1 saturated carbocycles. The van der Waals surface area contributed by atoms with Crippen LogP contribution in [-0.2, 0) is 0 Å². The van der Waals surface area contributed by atoms with Gasteiger partial charge in [-0.1, -0.05) is 29.8 Å². The van der Waals surface area contributed by atoms with Gasteiger partial charge in [0.25, 0.3) is 0 Å². The smallest absolute Gasteiger partial charge is 0.153 e. The van der Waals surface area contributed by atoms with Crippen molar-refractivity contribution in [2.24, 2.45) is 0 Å². The van der Waals surface area contributed by atoms with Gasteiger partial charge >= 0.3 is 0 Å². The van der Waals surface area contributed by atoms with Crippen LogP contribution in [0.25, 0.3) is 0 Å². The molecule has 1 aliphatic rings. The Balaban J connectivity index is 1.46. The Kier molecular flexibility index (Phi) is 4.28. The molecule has 7 heteroatoms. The summed E-state index contributed by atoms with van der Waals surface area (Å²) in [6.45, 7) is 2.05. The first kappa shape index (κ1) is 15.9. The topological polar surface area (TPSA) is 78.5 Å². The van der Waals surface area contributed by atoms with Gasteiger partial charge in [0.1, 0.15) is 18.0 Å². The molecule has 25 heavy (non-hydrogen) atoms. The van der Waals surface area contributed by atoms with Crippen LogP contribution in [0.3, 0.4) is 0 Å². The second kappa shape index (κ2) is 6.72. The number of nitrogens with one attached hydrogen (secondary N) is 3. The maximum Gasteiger partial charge on any atom is 0.153 e. The molecule has 4 rings (SSSR count). The number of anilines is 3. The summed E-state index contributed by atoms with van der Waals surface area (Å²) in [6, 6.07) is 11.7. The Hall–Kier alpha value is -2.60. The van der Waals surface area contributed by atoms with Gasteiger partial charge in [0, 0.05) is 28.8 Å². The highest BCUT2D eigenvalue weighted by Crippen LogP contribution is 2.39. The average molecular weight is 355 g/mol. The van der Waals surface area contributed by atoms with E-state index in [-0.39, 0.29) is 6.04 Å². The van der Waals surface area contributed by atoms with E-state index in [0.29, 0.717) is 11.7 Å². The zero-order valence-electron chi connectivity index (χ0n) is 13.8. The molecule has 1 atom stereocenters. The number of nitrogens with zero attached hydrogens (tertiary/aromatic N) is 3. The minimum atomic E-state index is 0.0308. The Bertz CT molecular complexity index is 873. The number of hydrogen-bond donors (Lipinski definition) is 3. The fourth-order valence-electron chi connectivity index (χ4n) is 2.77. The zero-order chi connectivity index (χ0) is 17.2. The summed E-state index contributed by atoms with van der Waals surface area (Å²) in [4.78, 5) is 8.55. The summed E-state index contributed by atoms with van der Waals surface area (Å²) in [5, 5.41) is 14.7. The Labute approximate surface area is 151 Å². The number of rotatable bonds is 6. The van der Waals surface area contributed by atoms with E-state index in [1.54, 1.807) is 0 Å². The molecule has 0 saturated heterocycles. The van der Waals surface area contributed by atoms with Gasteiger partial charge in [0.2, 0.25) is 0 Å². The molecule has 128 valence electrons. The van der Waals surface area contributed by atoms with E-state index in [9.17, 15) is 0 Å². The van der Waals surface area contributed by atoms with Gasteiger partial charge in [-0.3, -0.25) is 5.10 Å². The van der Waals surface area contributed by atoms with Gasteiger partial charge in [-0.2, -0.15) is 5.10 Å². The standard InChI is InChI=1S/C18H19ClN6/c1-11(13-4-2-3-5-14(13)19)22-16-9-17(21-10-20-16)23-18-8-15(24-25-18)12-6-7-12/h2-5,8-12H,6-7H2,1H3,(H3,20,21,22,23,24,25). The third-order valence-electron chi connectivity index (χ3n) is 4.27. The summed E-state index contributed by atoms with van der Waals surface area (Å²) < 4.78 is 0. The van der Waals surface area contributed by atoms with Gasteiger partial charge in [0.05, 0.1) is 6.04 Å². The highest BCUT2D eigenvalue weighted by atomic mass is 35.5. The van der Waals surface area contributed by atoms with Crippen LogP contribution in [-0.4, -0.2) is 20.2 Å². The van der Waals surface area contributed by atoms with Crippen molar-refractivity contribution in [3.8, 4) is 0 Å².